The molecule has 1 aliphatic carbocycles. The first-order chi connectivity index (χ1) is 25.2. The predicted molar refractivity (Wildman–Crippen MR) is 224 cm³/mol. The first-order valence-corrected chi connectivity index (χ1v) is 21.8. The molecule has 7 rings (SSSR count). The molecule has 6 aromatic rings. The maximum Gasteiger partial charge on any atom is 0.124 e. The molecule has 0 radical (unpaired) electrons. The molecule has 0 spiro atoms. The average molecular weight is 713 g/mol. The van der Waals surface area contributed by atoms with Gasteiger partial charge in [0.2, 0.25) is 0 Å². The van der Waals surface area contributed by atoms with E-state index in [9.17, 15) is 0 Å². The Bertz CT molecular complexity index is 1800. The van der Waals surface area contributed by atoms with E-state index >= 15 is 0 Å². The molecule has 0 amide bonds. The third-order valence-electron chi connectivity index (χ3n) is 11.4. The number of thiazole rings is 2. The van der Waals surface area contributed by atoms with Crippen molar-refractivity contribution in [1.29, 1.82) is 0 Å². The maximum absolute atomic E-state index is 5.13. The topological polar surface area (TPSA) is 25.8 Å². The van der Waals surface area contributed by atoms with E-state index in [0.29, 0.717) is 0 Å². The largest absolute Gasteiger partial charge is 0.236 e. The predicted octanol–water partition coefficient (Wildman–Crippen LogP) is 15.6. The highest BCUT2D eigenvalue weighted by Crippen LogP contribution is 2.56. The summed E-state index contributed by atoms with van der Waals surface area (Å²) in [5, 5.41) is 2.27. The molecule has 2 nitrogen and oxygen atoms in total. The lowest BCUT2D eigenvalue weighted by Crippen LogP contribution is -2.25. The van der Waals surface area contributed by atoms with Gasteiger partial charge in [-0.05, 0) is 71.5 Å². The van der Waals surface area contributed by atoms with E-state index in [4.69, 9.17) is 9.97 Å². The Morgan fingerprint density at radius 1 is 0.451 bits per heavy atom. The van der Waals surface area contributed by atoms with Crippen LogP contribution in [-0.2, 0) is 5.41 Å². The minimum Gasteiger partial charge on any atom is -0.236 e. The molecule has 266 valence electrons. The zero-order valence-corrected chi connectivity index (χ0v) is 32.7. The van der Waals surface area contributed by atoms with Crippen molar-refractivity contribution in [3.8, 4) is 32.3 Å². The summed E-state index contributed by atoms with van der Waals surface area (Å²) in [4.78, 5) is 10.3. The molecule has 2 aromatic heterocycles. The minimum absolute atomic E-state index is 0.00840. The number of benzene rings is 4. The molecule has 0 aliphatic heterocycles. The SMILES string of the molecule is CCCCCCCCCCC1(CCCCCCCCCC)c2cc(-c3nc4ccccc4s3)ccc2-c2ccc(-c3nc4ccccc4s3)cc21. The van der Waals surface area contributed by atoms with Gasteiger partial charge >= 0.3 is 0 Å². The molecule has 0 fully saturated rings. The van der Waals surface area contributed by atoms with E-state index in [-0.39, 0.29) is 5.41 Å². The van der Waals surface area contributed by atoms with Gasteiger partial charge < -0.3 is 0 Å². The van der Waals surface area contributed by atoms with E-state index in [0.717, 1.165) is 21.0 Å². The molecule has 0 unspecified atom stereocenters. The molecule has 4 heteroatoms. The van der Waals surface area contributed by atoms with Crippen molar-refractivity contribution in [1.82, 2.24) is 9.97 Å². The van der Waals surface area contributed by atoms with Crippen LogP contribution in [0.15, 0.2) is 84.9 Å². The van der Waals surface area contributed by atoms with E-state index in [2.05, 4.69) is 98.8 Å². The normalized spacial score (nSPS) is 13.3. The Hall–Kier alpha value is -3.34. The van der Waals surface area contributed by atoms with Gasteiger partial charge in [-0.3, -0.25) is 0 Å². The van der Waals surface area contributed by atoms with Crippen molar-refractivity contribution < 1.29 is 0 Å². The lowest BCUT2D eigenvalue weighted by molar-refractivity contribution is 0.397. The lowest BCUT2D eigenvalue weighted by Gasteiger charge is -2.33. The zero-order chi connectivity index (χ0) is 34.9. The highest BCUT2D eigenvalue weighted by atomic mass is 32.1. The number of hydrogen-bond donors (Lipinski definition) is 0. The van der Waals surface area contributed by atoms with Gasteiger partial charge in [0.15, 0.2) is 0 Å². The van der Waals surface area contributed by atoms with Gasteiger partial charge in [-0.25, -0.2) is 9.97 Å². The van der Waals surface area contributed by atoms with Crippen LogP contribution in [0.1, 0.15) is 141 Å². The monoisotopic (exact) mass is 712 g/mol. The van der Waals surface area contributed by atoms with Gasteiger partial charge in [-0.15, -0.1) is 22.7 Å². The fourth-order valence-corrected chi connectivity index (χ4v) is 10.5. The van der Waals surface area contributed by atoms with Crippen LogP contribution in [0.4, 0.5) is 0 Å². The first-order valence-electron chi connectivity index (χ1n) is 20.2. The summed E-state index contributed by atoms with van der Waals surface area (Å²) < 4.78 is 2.53. The van der Waals surface area contributed by atoms with Gasteiger partial charge in [0.1, 0.15) is 10.0 Å². The van der Waals surface area contributed by atoms with Gasteiger partial charge in [0.05, 0.1) is 20.4 Å². The van der Waals surface area contributed by atoms with Crippen molar-refractivity contribution in [3.63, 3.8) is 0 Å². The van der Waals surface area contributed by atoms with E-state index < -0.39 is 0 Å². The van der Waals surface area contributed by atoms with Crippen LogP contribution in [0.25, 0.3) is 52.7 Å². The summed E-state index contributed by atoms with van der Waals surface area (Å²) in [6.07, 6.45) is 24.0. The summed E-state index contributed by atoms with van der Waals surface area (Å²) in [7, 11) is 0. The van der Waals surface area contributed by atoms with Crippen LogP contribution in [0.3, 0.4) is 0 Å². The summed E-state index contributed by atoms with van der Waals surface area (Å²) in [5.41, 5.74) is 10.7. The first kappa shape index (κ1) is 36.0. The molecular weight excluding hydrogens is 657 g/mol. The van der Waals surface area contributed by atoms with Crippen molar-refractivity contribution in [3.05, 3.63) is 96.1 Å². The second-order valence-corrected chi connectivity index (χ2v) is 17.1. The van der Waals surface area contributed by atoms with Crippen molar-refractivity contribution in [2.24, 2.45) is 0 Å². The third-order valence-corrected chi connectivity index (χ3v) is 13.5. The third kappa shape index (κ3) is 8.18. The van der Waals surface area contributed by atoms with Crippen molar-refractivity contribution in [2.75, 3.05) is 0 Å². The molecule has 1 aliphatic rings. The van der Waals surface area contributed by atoms with Crippen molar-refractivity contribution >= 4 is 43.1 Å². The van der Waals surface area contributed by atoms with E-state index in [1.807, 2.05) is 22.7 Å². The minimum atomic E-state index is 0.00840. The molecule has 2 heterocycles. The Labute approximate surface area is 314 Å². The molecule has 0 atom stereocenters. The molecule has 0 bridgehead atoms. The summed E-state index contributed by atoms with van der Waals surface area (Å²) >= 11 is 3.66. The zero-order valence-electron chi connectivity index (χ0n) is 31.0. The van der Waals surface area contributed by atoms with Gasteiger partial charge in [-0.1, -0.05) is 165 Å². The van der Waals surface area contributed by atoms with Gasteiger partial charge in [0.25, 0.3) is 0 Å². The van der Waals surface area contributed by atoms with Crippen LogP contribution in [-0.4, -0.2) is 9.97 Å². The van der Waals surface area contributed by atoms with Crippen LogP contribution in [0.2, 0.25) is 0 Å². The Kier molecular flexibility index (Phi) is 12.3. The summed E-state index contributed by atoms with van der Waals surface area (Å²) in [5.74, 6) is 0. The van der Waals surface area contributed by atoms with E-state index in [1.54, 1.807) is 11.1 Å². The summed E-state index contributed by atoms with van der Waals surface area (Å²) in [6.45, 7) is 4.63. The quantitative estimate of drug-likeness (QED) is 0.0737. The fourth-order valence-electron chi connectivity index (χ4n) is 8.54. The fraction of sp³-hybridized carbons (Fsp3) is 0.447. The lowest BCUT2D eigenvalue weighted by atomic mass is 9.70. The highest BCUT2D eigenvalue weighted by molar-refractivity contribution is 7.22. The van der Waals surface area contributed by atoms with Crippen molar-refractivity contribution in [2.45, 2.75) is 135 Å². The van der Waals surface area contributed by atoms with Crippen LogP contribution >= 0.6 is 22.7 Å². The highest BCUT2D eigenvalue weighted by Gasteiger charge is 2.43. The van der Waals surface area contributed by atoms with Crippen LogP contribution < -0.4 is 0 Å². The second kappa shape index (κ2) is 17.5. The van der Waals surface area contributed by atoms with Gasteiger partial charge in [0, 0.05) is 16.5 Å². The molecule has 51 heavy (non-hydrogen) atoms. The standard InChI is InChI=1S/C47H56N2S2/c1-3-5-7-9-11-13-15-21-31-47(32-22-16-14-12-10-8-6-4-2)39-33-35(45-48-41-23-17-19-25-43(41)50-45)27-29-37(39)38-30-28-36(34-40(38)47)46-49-42-24-18-20-26-44(42)51-46/h17-20,23-30,33-34H,3-16,21-22,31-32H2,1-2H3. The smallest absolute Gasteiger partial charge is 0.124 e. The molecule has 0 N–H and O–H groups in total. The summed E-state index contributed by atoms with van der Waals surface area (Å²) in [6, 6.07) is 31.8. The number of hydrogen-bond acceptors (Lipinski definition) is 4. The molecule has 0 saturated carbocycles. The Morgan fingerprint density at radius 2 is 0.843 bits per heavy atom. The average Bonchev–Trinajstić information content (AvgIpc) is 3.87. The van der Waals surface area contributed by atoms with E-state index in [1.165, 1.54) is 147 Å². The number of unbranched alkanes of at least 4 members (excludes halogenated alkanes) is 14. The van der Waals surface area contributed by atoms with Crippen LogP contribution in [0, 0.1) is 0 Å². The number of para-hydroxylation sites is 2. The Morgan fingerprint density at radius 3 is 1.25 bits per heavy atom. The number of nitrogens with zero attached hydrogens (tertiary/aromatic N) is 2. The number of fused-ring (bicyclic) bond motifs is 5. The molecule has 0 saturated heterocycles. The van der Waals surface area contributed by atoms with Gasteiger partial charge in [-0.2, -0.15) is 0 Å². The Balaban J connectivity index is 1.24. The molecule has 4 aromatic carbocycles. The second-order valence-electron chi connectivity index (χ2n) is 15.0. The maximum atomic E-state index is 5.13. The number of rotatable bonds is 20. The van der Waals surface area contributed by atoms with Crippen LogP contribution in [0.5, 0.6) is 0 Å². The number of aromatic nitrogens is 2. The molecular formula is C47H56N2S2.